The van der Waals surface area contributed by atoms with E-state index in [0.29, 0.717) is 11.4 Å². The third-order valence-electron chi connectivity index (χ3n) is 2.71. The Morgan fingerprint density at radius 3 is 1.57 bits per heavy atom. The Morgan fingerprint density at radius 2 is 1.24 bits per heavy atom. The lowest BCUT2D eigenvalue weighted by Crippen LogP contribution is -2.10. The van der Waals surface area contributed by atoms with Crippen molar-refractivity contribution >= 4 is 11.4 Å². The third kappa shape index (κ3) is 4.01. The smallest absolute Gasteiger partial charge is 0.163 e. The summed E-state index contributed by atoms with van der Waals surface area (Å²) >= 11 is 0. The molecule has 0 atom stereocenters. The molecular formula is C18H20N2O. The van der Waals surface area contributed by atoms with Crippen LogP contribution in [0.3, 0.4) is 0 Å². The number of phenols is 1. The van der Waals surface area contributed by atoms with Crippen molar-refractivity contribution in [3.63, 3.8) is 0 Å². The Kier molecular flexibility index (Phi) is 6.35. The van der Waals surface area contributed by atoms with Crippen LogP contribution in [-0.4, -0.2) is 5.11 Å². The summed E-state index contributed by atoms with van der Waals surface area (Å²) in [5, 5.41) is 10.5. The fourth-order valence-corrected chi connectivity index (χ4v) is 1.72. The predicted octanol–water partition coefficient (Wildman–Crippen LogP) is 4.69. The zero-order valence-corrected chi connectivity index (χ0v) is 12.0. The average Bonchev–Trinajstić information content (AvgIpc) is 2.51. The van der Waals surface area contributed by atoms with E-state index in [0.717, 1.165) is 0 Å². The molecule has 0 saturated carbocycles. The zero-order valence-electron chi connectivity index (χ0n) is 12.0. The Morgan fingerprint density at radius 1 is 0.810 bits per heavy atom. The van der Waals surface area contributed by atoms with Crippen molar-refractivity contribution < 1.29 is 5.11 Å². The van der Waals surface area contributed by atoms with Gasteiger partial charge in [0.25, 0.3) is 0 Å². The summed E-state index contributed by atoms with van der Waals surface area (Å²) in [6, 6.07) is 5.44. The molecule has 0 fully saturated rings. The molecule has 0 bridgehead atoms. The van der Waals surface area contributed by atoms with Crippen LogP contribution in [0.25, 0.3) is 0 Å². The largest absolute Gasteiger partial charge is 0.504 e. The number of aromatic hydroxyl groups is 1. The van der Waals surface area contributed by atoms with Gasteiger partial charge in [-0.1, -0.05) is 44.5 Å². The summed E-state index contributed by atoms with van der Waals surface area (Å²) in [5.41, 5.74) is 1.22. The number of benzene rings is 1. The van der Waals surface area contributed by atoms with Crippen molar-refractivity contribution in [3.8, 4) is 5.75 Å². The van der Waals surface area contributed by atoms with Crippen LogP contribution in [0.1, 0.15) is 0 Å². The fourth-order valence-electron chi connectivity index (χ4n) is 1.72. The summed E-state index contributed by atoms with van der Waals surface area (Å²) in [7, 11) is 0. The highest BCUT2D eigenvalue weighted by Crippen LogP contribution is 2.37. The topological polar surface area (TPSA) is 26.7 Å². The van der Waals surface area contributed by atoms with Crippen molar-refractivity contribution in [1.82, 2.24) is 0 Å². The van der Waals surface area contributed by atoms with Crippen molar-refractivity contribution in [2.24, 2.45) is 0 Å². The van der Waals surface area contributed by atoms with Crippen LogP contribution in [0.2, 0.25) is 0 Å². The SMILES string of the molecule is C=C/C=C\N(C=C)c1cccc(N(C=C)/C=C\C=C)c1O. The van der Waals surface area contributed by atoms with Crippen molar-refractivity contribution in [2.45, 2.75) is 0 Å². The number of anilines is 2. The van der Waals surface area contributed by atoms with E-state index in [-0.39, 0.29) is 5.75 Å². The van der Waals surface area contributed by atoms with Gasteiger partial charge in [-0.05, 0) is 24.3 Å². The lowest BCUT2D eigenvalue weighted by molar-refractivity contribution is 0.477. The van der Waals surface area contributed by atoms with Gasteiger partial charge >= 0.3 is 0 Å². The molecule has 0 aliphatic rings. The predicted molar refractivity (Wildman–Crippen MR) is 92.1 cm³/mol. The summed E-state index contributed by atoms with van der Waals surface area (Å²) in [6.07, 6.45) is 13.6. The number of allylic oxidation sites excluding steroid dienone is 4. The number of phenolic OH excluding ortho intramolecular Hbond substituents is 1. The van der Waals surface area contributed by atoms with Crippen molar-refractivity contribution in [1.29, 1.82) is 0 Å². The van der Waals surface area contributed by atoms with E-state index in [9.17, 15) is 5.11 Å². The minimum Gasteiger partial charge on any atom is -0.504 e. The monoisotopic (exact) mass is 280 g/mol. The summed E-state index contributed by atoms with van der Waals surface area (Å²) in [6.45, 7) is 14.7. The molecule has 0 aliphatic carbocycles. The van der Waals surface area contributed by atoms with Crippen LogP contribution in [0.15, 0.2) is 93.6 Å². The molecule has 1 aromatic carbocycles. The van der Waals surface area contributed by atoms with Gasteiger partial charge in [-0.15, -0.1) is 0 Å². The number of rotatable bonds is 8. The first-order valence-corrected chi connectivity index (χ1v) is 6.41. The third-order valence-corrected chi connectivity index (χ3v) is 2.71. The standard InChI is InChI=1S/C18H20N2O/c1-5-9-14-19(7-3)16-12-11-13-17(18(16)21)20(8-4)15-10-6-2/h5-15,21H,1-4H2/b14-9-,15-10-. The Bertz CT molecular complexity index is 537. The quantitative estimate of drug-likeness (QED) is 0.700. The number of nitrogens with zero attached hydrogens (tertiary/aromatic N) is 2. The van der Waals surface area contributed by atoms with E-state index < -0.39 is 0 Å². The van der Waals surface area contributed by atoms with Gasteiger partial charge in [-0.3, -0.25) is 0 Å². The summed E-state index contributed by atoms with van der Waals surface area (Å²) < 4.78 is 0. The second-order valence-corrected chi connectivity index (χ2v) is 3.98. The van der Waals surface area contributed by atoms with Crippen LogP contribution < -0.4 is 9.80 Å². The molecule has 21 heavy (non-hydrogen) atoms. The van der Waals surface area contributed by atoms with Gasteiger partial charge in [0.2, 0.25) is 0 Å². The van der Waals surface area contributed by atoms with Gasteiger partial charge in [-0.2, -0.15) is 0 Å². The van der Waals surface area contributed by atoms with E-state index in [1.54, 1.807) is 71.0 Å². The molecule has 0 radical (unpaired) electrons. The van der Waals surface area contributed by atoms with Gasteiger partial charge in [0.05, 0.1) is 11.4 Å². The highest BCUT2D eigenvalue weighted by atomic mass is 16.3. The van der Waals surface area contributed by atoms with Crippen LogP contribution in [0.4, 0.5) is 11.4 Å². The van der Waals surface area contributed by atoms with Crippen molar-refractivity contribution in [2.75, 3.05) is 9.80 Å². The maximum absolute atomic E-state index is 10.5. The molecule has 3 heteroatoms. The fraction of sp³-hybridized carbons (Fsp3) is 0. The van der Waals surface area contributed by atoms with E-state index in [4.69, 9.17) is 0 Å². The number of hydrogen-bond acceptors (Lipinski definition) is 3. The molecule has 0 amide bonds. The van der Waals surface area contributed by atoms with Crippen LogP contribution in [0.5, 0.6) is 5.75 Å². The first-order chi connectivity index (χ1) is 10.2. The Labute approximate surface area is 126 Å². The lowest BCUT2D eigenvalue weighted by atomic mass is 10.2. The minimum absolute atomic E-state index is 0.125. The summed E-state index contributed by atoms with van der Waals surface area (Å²) in [4.78, 5) is 3.41. The molecule has 0 aromatic heterocycles. The van der Waals surface area contributed by atoms with Gasteiger partial charge in [0.1, 0.15) is 0 Å². The van der Waals surface area contributed by atoms with Gasteiger partial charge in [0, 0.05) is 24.8 Å². The van der Waals surface area contributed by atoms with Gasteiger partial charge in [0.15, 0.2) is 5.75 Å². The number of para-hydroxylation sites is 1. The average molecular weight is 280 g/mol. The Hall–Kier alpha value is -2.94. The molecule has 0 unspecified atom stereocenters. The molecule has 0 heterocycles. The molecule has 0 saturated heterocycles. The molecule has 0 spiro atoms. The zero-order chi connectivity index (χ0) is 15.7. The highest BCUT2D eigenvalue weighted by Gasteiger charge is 2.12. The molecule has 1 rings (SSSR count). The van der Waals surface area contributed by atoms with Crippen LogP contribution in [-0.2, 0) is 0 Å². The molecule has 3 nitrogen and oxygen atoms in total. The van der Waals surface area contributed by atoms with Crippen LogP contribution in [0, 0.1) is 0 Å². The molecule has 0 aliphatic heterocycles. The van der Waals surface area contributed by atoms with E-state index in [1.165, 1.54) is 0 Å². The second-order valence-electron chi connectivity index (χ2n) is 3.98. The molecule has 1 aromatic rings. The van der Waals surface area contributed by atoms with Crippen LogP contribution >= 0.6 is 0 Å². The van der Waals surface area contributed by atoms with Gasteiger partial charge < -0.3 is 14.9 Å². The normalized spacial score (nSPS) is 10.5. The Balaban J connectivity index is 3.29. The lowest BCUT2D eigenvalue weighted by Gasteiger charge is -2.22. The summed E-state index contributed by atoms with van der Waals surface area (Å²) in [5.74, 6) is 0.125. The first-order valence-electron chi connectivity index (χ1n) is 6.41. The molecule has 108 valence electrons. The van der Waals surface area contributed by atoms with Gasteiger partial charge in [-0.25, -0.2) is 0 Å². The van der Waals surface area contributed by atoms with E-state index in [2.05, 4.69) is 26.3 Å². The molecular weight excluding hydrogens is 260 g/mol. The second kappa shape index (κ2) is 8.27. The maximum Gasteiger partial charge on any atom is 0.163 e. The minimum atomic E-state index is 0.125. The van der Waals surface area contributed by atoms with E-state index in [1.807, 2.05) is 6.07 Å². The molecule has 1 N–H and O–H groups in total. The first kappa shape index (κ1) is 16.1. The highest BCUT2D eigenvalue weighted by molar-refractivity contribution is 5.75. The number of hydrogen-bond donors (Lipinski definition) is 1. The maximum atomic E-state index is 10.5. The van der Waals surface area contributed by atoms with E-state index >= 15 is 0 Å². The van der Waals surface area contributed by atoms with Crippen molar-refractivity contribution in [3.05, 3.63) is 93.6 Å².